The molecule has 0 bridgehead atoms. The molecule has 0 spiro atoms. The maximum Gasteiger partial charge on any atom is 0.331 e. The van der Waals surface area contributed by atoms with Gasteiger partial charge in [0.15, 0.2) is 11.3 Å². The summed E-state index contributed by atoms with van der Waals surface area (Å²) in [6.45, 7) is 2.59. The molecule has 31 heavy (non-hydrogen) atoms. The molecule has 1 saturated heterocycles. The van der Waals surface area contributed by atoms with Crippen LogP contribution in [0.2, 0.25) is 0 Å². The lowest BCUT2D eigenvalue weighted by atomic mass is 9.89. The average molecular weight is 423 g/mol. The van der Waals surface area contributed by atoms with Gasteiger partial charge >= 0.3 is 5.69 Å². The summed E-state index contributed by atoms with van der Waals surface area (Å²) in [7, 11) is 1.62. The van der Waals surface area contributed by atoms with Gasteiger partial charge in [0.05, 0.1) is 18.1 Å². The number of pyridine rings is 1. The molecule has 1 aliphatic heterocycles. The third-order valence-corrected chi connectivity index (χ3v) is 5.88. The summed E-state index contributed by atoms with van der Waals surface area (Å²) in [5, 5.41) is 7.31. The number of carbonyl (C=O) groups excluding carboxylic acids is 1. The number of amides is 1. The van der Waals surface area contributed by atoms with Crippen molar-refractivity contribution in [3.05, 3.63) is 40.8 Å². The number of carbonyl (C=O) groups is 1. The summed E-state index contributed by atoms with van der Waals surface area (Å²) in [4.78, 5) is 38.7. The van der Waals surface area contributed by atoms with Crippen LogP contribution in [0.4, 0.5) is 11.6 Å². The number of aromatic nitrogens is 7. The predicted molar refractivity (Wildman–Crippen MR) is 111 cm³/mol. The number of aryl methyl sites for hydroxylation is 2. The van der Waals surface area contributed by atoms with Gasteiger partial charge in [-0.05, 0) is 18.6 Å². The van der Waals surface area contributed by atoms with Crippen molar-refractivity contribution in [2.75, 3.05) is 18.5 Å². The van der Waals surface area contributed by atoms with Crippen molar-refractivity contribution in [2.24, 2.45) is 12.8 Å². The van der Waals surface area contributed by atoms with Crippen molar-refractivity contribution in [1.29, 1.82) is 0 Å². The number of rotatable bonds is 4. The highest BCUT2D eigenvalue weighted by atomic mass is 16.5. The molecule has 0 aromatic carbocycles. The Balaban J connectivity index is 1.65. The molecule has 0 radical (unpaired) electrons. The number of fused-ring (bicyclic) bond motifs is 2. The highest BCUT2D eigenvalue weighted by Crippen LogP contribution is 2.31. The molecule has 1 amide bonds. The molecule has 1 fully saturated rings. The van der Waals surface area contributed by atoms with Crippen LogP contribution in [0.5, 0.6) is 0 Å². The van der Waals surface area contributed by atoms with Gasteiger partial charge in [-0.3, -0.25) is 13.9 Å². The van der Waals surface area contributed by atoms with Gasteiger partial charge in [0.25, 0.3) is 0 Å². The highest BCUT2D eigenvalue weighted by Gasteiger charge is 2.43. The van der Waals surface area contributed by atoms with E-state index in [0.717, 1.165) is 16.9 Å². The number of primary amides is 1. The van der Waals surface area contributed by atoms with Crippen molar-refractivity contribution >= 4 is 34.4 Å². The van der Waals surface area contributed by atoms with E-state index in [1.807, 2.05) is 13.0 Å². The zero-order valence-electron chi connectivity index (χ0n) is 17.1. The Morgan fingerprint density at radius 3 is 2.81 bits per heavy atom. The van der Waals surface area contributed by atoms with Gasteiger partial charge in [0, 0.05) is 33.1 Å². The van der Waals surface area contributed by atoms with Crippen molar-refractivity contribution in [3.63, 3.8) is 0 Å². The highest BCUT2D eigenvalue weighted by molar-refractivity contribution is 5.85. The number of nitrogens with one attached hydrogen (secondary N) is 1. The SMILES string of the molecule is Cc1cc2ncnn2cc1Nc1ncc2c(n1)n(C1(C(N)=O)CCOCC1)c(=O)n2C. The minimum absolute atomic E-state index is 0.279. The van der Waals surface area contributed by atoms with Crippen LogP contribution in [0.25, 0.3) is 16.8 Å². The predicted octanol–water partition coefficient (Wildman–Crippen LogP) is 0.216. The van der Waals surface area contributed by atoms with Crippen LogP contribution in [-0.2, 0) is 22.1 Å². The van der Waals surface area contributed by atoms with Crippen LogP contribution < -0.4 is 16.7 Å². The number of hydrogen-bond acceptors (Lipinski definition) is 8. The van der Waals surface area contributed by atoms with E-state index in [1.54, 1.807) is 24.0 Å². The van der Waals surface area contributed by atoms with Crippen LogP contribution in [0.15, 0.2) is 29.6 Å². The van der Waals surface area contributed by atoms with E-state index in [0.29, 0.717) is 37.2 Å². The standard InChI is InChI=1S/C19H21N9O3/c1-11-7-14-22-10-23-27(14)9-12(11)24-17-21-8-13-15(25-17)28(18(30)26(13)2)19(16(20)29)3-5-31-6-4-19/h7-10H,3-6H2,1-2H3,(H2,20,29)(H,21,24,25). The molecule has 0 aliphatic carbocycles. The number of nitrogens with two attached hydrogens (primary N) is 1. The maximum atomic E-state index is 13.1. The topological polar surface area (TPSA) is 147 Å². The van der Waals surface area contributed by atoms with Gasteiger partial charge in [0.1, 0.15) is 17.4 Å². The fourth-order valence-corrected chi connectivity index (χ4v) is 4.06. The van der Waals surface area contributed by atoms with Crippen LogP contribution in [-0.4, -0.2) is 52.8 Å². The minimum atomic E-state index is -1.20. The second kappa shape index (κ2) is 6.87. The molecule has 4 aromatic heterocycles. The van der Waals surface area contributed by atoms with E-state index in [-0.39, 0.29) is 11.6 Å². The largest absolute Gasteiger partial charge is 0.381 e. The number of hydrogen-bond donors (Lipinski definition) is 2. The van der Waals surface area contributed by atoms with E-state index < -0.39 is 11.4 Å². The average Bonchev–Trinajstić information content (AvgIpc) is 3.30. The molecule has 5 rings (SSSR count). The van der Waals surface area contributed by atoms with Gasteiger partial charge < -0.3 is 15.8 Å². The molecule has 0 unspecified atom stereocenters. The van der Waals surface area contributed by atoms with Gasteiger partial charge in [-0.2, -0.15) is 10.1 Å². The second-order valence-electron chi connectivity index (χ2n) is 7.65. The second-order valence-corrected chi connectivity index (χ2v) is 7.65. The quantitative estimate of drug-likeness (QED) is 0.474. The summed E-state index contributed by atoms with van der Waals surface area (Å²) in [5.74, 6) is -0.299. The Kier molecular flexibility index (Phi) is 4.25. The van der Waals surface area contributed by atoms with Gasteiger partial charge in [-0.1, -0.05) is 0 Å². The fourth-order valence-electron chi connectivity index (χ4n) is 4.06. The smallest absolute Gasteiger partial charge is 0.331 e. The van der Waals surface area contributed by atoms with E-state index in [2.05, 4.69) is 25.4 Å². The number of imidazole rings is 1. The Hall–Kier alpha value is -3.80. The summed E-state index contributed by atoms with van der Waals surface area (Å²) < 4.78 is 9.87. The van der Waals surface area contributed by atoms with Crippen LogP contribution in [0.1, 0.15) is 18.4 Å². The lowest BCUT2D eigenvalue weighted by molar-refractivity contribution is -0.131. The van der Waals surface area contributed by atoms with Crippen LogP contribution >= 0.6 is 0 Å². The van der Waals surface area contributed by atoms with E-state index in [9.17, 15) is 9.59 Å². The first-order valence-electron chi connectivity index (χ1n) is 9.80. The normalized spacial score (nSPS) is 16.1. The Bertz CT molecular complexity index is 1380. The van der Waals surface area contributed by atoms with E-state index in [4.69, 9.17) is 10.5 Å². The fraction of sp³-hybridized carbons (Fsp3) is 0.368. The van der Waals surface area contributed by atoms with Gasteiger partial charge in [0.2, 0.25) is 11.9 Å². The zero-order valence-corrected chi connectivity index (χ0v) is 17.1. The molecular weight excluding hydrogens is 402 g/mol. The molecule has 12 heteroatoms. The number of ether oxygens (including phenoxy) is 1. The van der Waals surface area contributed by atoms with Gasteiger partial charge in [-0.15, -0.1) is 0 Å². The van der Waals surface area contributed by atoms with Gasteiger partial charge in [-0.25, -0.2) is 19.3 Å². The Morgan fingerprint density at radius 2 is 2.06 bits per heavy atom. The van der Waals surface area contributed by atoms with E-state index >= 15 is 0 Å². The molecule has 12 nitrogen and oxygen atoms in total. The minimum Gasteiger partial charge on any atom is -0.381 e. The lowest BCUT2D eigenvalue weighted by Crippen LogP contribution is -2.53. The van der Waals surface area contributed by atoms with Crippen LogP contribution in [0.3, 0.4) is 0 Å². The summed E-state index contributed by atoms with van der Waals surface area (Å²) in [6.07, 6.45) is 5.42. The van der Waals surface area contributed by atoms with Crippen molar-refractivity contribution < 1.29 is 9.53 Å². The first-order valence-corrected chi connectivity index (χ1v) is 9.80. The van der Waals surface area contributed by atoms with Crippen molar-refractivity contribution in [3.8, 4) is 0 Å². The Labute approximate surface area is 175 Å². The zero-order chi connectivity index (χ0) is 21.8. The summed E-state index contributed by atoms with van der Waals surface area (Å²) >= 11 is 0. The first kappa shape index (κ1) is 19.2. The van der Waals surface area contributed by atoms with Crippen molar-refractivity contribution in [1.82, 2.24) is 33.7 Å². The molecule has 1 aliphatic rings. The molecule has 160 valence electrons. The maximum absolute atomic E-state index is 13.1. The molecule has 5 heterocycles. The van der Waals surface area contributed by atoms with Crippen LogP contribution in [0, 0.1) is 6.92 Å². The molecular formula is C19H21N9O3. The molecule has 0 atom stereocenters. The third kappa shape index (κ3) is 2.86. The first-order chi connectivity index (χ1) is 14.9. The Morgan fingerprint density at radius 1 is 1.29 bits per heavy atom. The number of anilines is 2. The molecule has 3 N–H and O–H groups in total. The summed E-state index contributed by atoms with van der Waals surface area (Å²) in [5.41, 5.74) is 7.44. The van der Waals surface area contributed by atoms with Crippen molar-refractivity contribution in [2.45, 2.75) is 25.3 Å². The monoisotopic (exact) mass is 423 g/mol. The number of nitrogens with zero attached hydrogens (tertiary/aromatic N) is 7. The van der Waals surface area contributed by atoms with E-state index in [1.165, 1.54) is 15.5 Å². The molecule has 4 aromatic rings. The summed E-state index contributed by atoms with van der Waals surface area (Å²) in [6, 6.07) is 1.89. The molecule has 0 saturated carbocycles. The third-order valence-electron chi connectivity index (χ3n) is 5.88. The lowest BCUT2D eigenvalue weighted by Gasteiger charge is -2.34.